The van der Waals surface area contributed by atoms with Gasteiger partial charge in [-0.15, -0.1) is 0 Å². The van der Waals surface area contributed by atoms with E-state index in [1.165, 1.54) is 6.07 Å². The van der Waals surface area contributed by atoms with Crippen LogP contribution in [0.25, 0.3) is 0 Å². The van der Waals surface area contributed by atoms with Gasteiger partial charge in [-0.2, -0.15) is 0 Å². The lowest BCUT2D eigenvalue weighted by Gasteiger charge is -2.38. The normalized spacial score (nSPS) is 24.6. The molecule has 0 aromatic heterocycles. The fraction of sp³-hybridized carbons (Fsp3) is 0.571. The maximum atomic E-state index is 13.6. The predicted octanol–water partition coefficient (Wildman–Crippen LogP) is 1.84. The molecule has 2 rings (SSSR count). The molecule has 1 aliphatic heterocycles. The van der Waals surface area contributed by atoms with Gasteiger partial charge in [-0.25, -0.2) is 8.78 Å². The van der Waals surface area contributed by atoms with E-state index >= 15 is 0 Å². The van der Waals surface area contributed by atoms with E-state index in [-0.39, 0.29) is 16.9 Å². The molecular weight excluding hydrogens is 284 g/mol. The summed E-state index contributed by atoms with van der Waals surface area (Å²) in [5.41, 5.74) is 0.0934. The van der Waals surface area contributed by atoms with Gasteiger partial charge in [0, 0.05) is 47.8 Å². The van der Waals surface area contributed by atoms with Crippen LogP contribution in [0.5, 0.6) is 0 Å². The number of halogens is 2. The van der Waals surface area contributed by atoms with Crippen molar-refractivity contribution in [2.24, 2.45) is 0 Å². The molecule has 6 heteroatoms. The number of aliphatic hydroxyl groups is 1. The monoisotopic (exact) mass is 303 g/mol. The Morgan fingerprint density at radius 2 is 2.15 bits per heavy atom. The first kappa shape index (κ1) is 15.5. The molecule has 0 spiro atoms. The molecule has 0 saturated carbocycles. The van der Waals surface area contributed by atoms with Gasteiger partial charge in [-0.3, -0.25) is 9.11 Å². The van der Waals surface area contributed by atoms with Crippen molar-refractivity contribution in [2.45, 2.75) is 24.7 Å². The molecule has 2 atom stereocenters. The zero-order chi connectivity index (χ0) is 14.9. The molecule has 1 aliphatic rings. The second-order valence-electron chi connectivity index (χ2n) is 5.73. The zero-order valence-corrected chi connectivity index (χ0v) is 12.4. The fourth-order valence-electron chi connectivity index (χ4n) is 2.45. The van der Waals surface area contributed by atoms with Crippen molar-refractivity contribution in [3.63, 3.8) is 0 Å². The second-order valence-corrected chi connectivity index (χ2v) is 7.93. The highest BCUT2D eigenvalue weighted by atomic mass is 32.2. The van der Waals surface area contributed by atoms with Crippen molar-refractivity contribution >= 4 is 10.8 Å². The number of benzene rings is 1. The summed E-state index contributed by atoms with van der Waals surface area (Å²) in [6, 6.07) is 3.17. The average Bonchev–Trinajstić information content (AvgIpc) is 2.33. The molecule has 0 radical (unpaired) electrons. The van der Waals surface area contributed by atoms with Crippen molar-refractivity contribution < 1.29 is 18.1 Å². The molecule has 20 heavy (non-hydrogen) atoms. The number of rotatable bonds is 3. The Morgan fingerprint density at radius 1 is 1.45 bits per heavy atom. The van der Waals surface area contributed by atoms with E-state index in [0.29, 0.717) is 18.8 Å². The van der Waals surface area contributed by atoms with E-state index in [2.05, 4.69) is 0 Å². The average molecular weight is 303 g/mol. The Hall–Kier alpha value is -0.850. The van der Waals surface area contributed by atoms with Crippen LogP contribution in [0.15, 0.2) is 18.2 Å². The Kier molecular flexibility index (Phi) is 4.56. The molecule has 3 nitrogen and oxygen atoms in total. The van der Waals surface area contributed by atoms with Crippen LogP contribution in [0.4, 0.5) is 8.78 Å². The largest absolute Gasteiger partial charge is 0.387 e. The fourth-order valence-corrected chi connectivity index (χ4v) is 3.75. The summed E-state index contributed by atoms with van der Waals surface area (Å²) in [5.74, 6) is -0.851. The van der Waals surface area contributed by atoms with Crippen LogP contribution in [0.1, 0.15) is 25.5 Å². The highest BCUT2D eigenvalue weighted by Gasteiger charge is 2.34. The lowest BCUT2D eigenvalue weighted by atomic mass is 10.1. The Balaban J connectivity index is 2.05. The Labute approximate surface area is 120 Å². The van der Waals surface area contributed by atoms with Crippen LogP contribution in [-0.2, 0) is 10.8 Å². The van der Waals surface area contributed by atoms with Crippen molar-refractivity contribution in [1.82, 2.24) is 4.90 Å². The van der Waals surface area contributed by atoms with Crippen molar-refractivity contribution in [2.75, 3.05) is 25.4 Å². The first-order chi connectivity index (χ1) is 9.29. The van der Waals surface area contributed by atoms with Gasteiger partial charge in [0.2, 0.25) is 0 Å². The van der Waals surface area contributed by atoms with Gasteiger partial charge in [0.15, 0.2) is 0 Å². The van der Waals surface area contributed by atoms with E-state index in [9.17, 15) is 18.1 Å². The van der Waals surface area contributed by atoms with E-state index in [4.69, 9.17) is 0 Å². The highest BCUT2D eigenvalue weighted by molar-refractivity contribution is 7.86. The minimum absolute atomic E-state index is 0.0934. The molecule has 1 heterocycles. The summed E-state index contributed by atoms with van der Waals surface area (Å²) in [6.07, 6.45) is -1.02. The van der Waals surface area contributed by atoms with Crippen LogP contribution in [0.3, 0.4) is 0 Å². The minimum atomic E-state index is -1.02. The van der Waals surface area contributed by atoms with E-state index in [0.717, 1.165) is 12.1 Å². The summed E-state index contributed by atoms with van der Waals surface area (Å²) in [4.78, 5) is 1.97. The molecule has 1 saturated heterocycles. The molecule has 1 N–H and O–H groups in total. The number of nitrogens with zero attached hydrogens (tertiary/aromatic N) is 1. The van der Waals surface area contributed by atoms with E-state index in [1.807, 2.05) is 18.7 Å². The van der Waals surface area contributed by atoms with Crippen LogP contribution in [-0.4, -0.2) is 44.3 Å². The third-order valence-electron chi connectivity index (χ3n) is 3.57. The summed E-state index contributed by atoms with van der Waals surface area (Å²) in [6.45, 7) is 5.28. The molecule has 1 aromatic rings. The number of hydrogen-bond acceptors (Lipinski definition) is 3. The minimum Gasteiger partial charge on any atom is -0.387 e. The first-order valence-electron chi connectivity index (χ1n) is 6.53. The summed E-state index contributed by atoms with van der Waals surface area (Å²) < 4.78 is 37.9. The van der Waals surface area contributed by atoms with Crippen LogP contribution in [0.2, 0.25) is 0 Å². The first-order valence-corrected chi connectivity index (χ1v) is 7.85. The van der Waals surface area contributed by atoms with Crippen molar-refractivity contribution in [3.05, 3.63) is 35.4 Å². The van der Waals surface area contributed by atoms with Gasteiger partial charge in [-0.05, 0) is 19.9 Å². The molecule has 1 fully saturated rings. The summed E-state index contributed by atoms with van der Waals surface area (Å²) in [5, 5.41) is 10.1. The Morgan fingerprint density at radius 3 is 2.75 bits per heavy atom. The topological polar surface area (TPSA) is 40.5 Å². The molecule has 1 aromatic carbocycles. The third-order valence-corrected chi connectivity index (χ3v) is 5.48. The SMILES string of the molecule is CC1(C)CN(CC(O)c2ccc(F)cc2F)CCS1=O. The van der Waals surface area contributed by atoms with Gasteiger partial charge in [-0.1, -0.05) is 6.07 Å². The second kappa shape index (κ2) is 5.87. The number of β-amino-alcohol motifs (C(OH)–C–C–N with tert-alkyl or cyclic N) is 1. The van der Waals surface area contributed by atoms with E-state index in [1.54, 1.807) is 0 Å². The quantitative estimate of drug-likeness (QED) is 0.926. The van der Waals surface area contributed by atoms with Gasteiger partial charge in [0.25, 0.3) is 0 Å². The van der Waals surface area contributed by atoms with Gasteiger partial charge >= 0.3 is 0 Å². The molecule has 2 unspecified atom stereocenters. The molecule has 112 valence electrons. The van der Waals surface area contributed by atoms with Gasteiger partial charge in [0.1, 0.15) is 11.6 Å². The maximum absolute atomic E-state index is 13.6. The maximum Gasteiger partial charge on any atom is 0.131 e. The van der Waals surface area contributed by atoms with Gasteiger partial charge in [0.05, 0.1) is 10.9 Å². The lowest BCUT2D eigenvalue weighted by Crippen LogP contribution is -2.50. The summed E-state index contributed by atoms with van der Waals surface area (Å²) in [7, 11) is -0.885. The Bertz CT molecular complexity index is 522. The molecule has 0 bridgehead atoms. The van der Waals surface area contributed by atoms with Crippen molar-refractivity contribution in [3.8, 4) is 0 Å². The summed E-state index contributed by atoms with van der Waals surface area (Å²) >= 11 is 0. The lowest BCUT2D eigenvalue weighted by molar-refractivity contribution is 0.106. The van der Waals surface area contributed by atoms with Crippen LogP contribution >= 0.6 is 0 Å². The predicted molar refractivity (Wildman–Crippen MR) is 74.8 cm³/mol. The van der Waals surface area contributed by atoms with Gasteiger partial charge < -0.3 is 5.11 Å². The van der Waals surface area contributed by atoms with Crippen LogP contribution in [0, 0.1) is 11.6 Å². The highest BCUT2D eigenvalue weighted by Crippen LogP contribution is 2.24. The number of aliphatic hydroxyl groups excluding tert-OH is 1. The van der Waals surface area contributed by atoms with Crippen molar-refractivity contribution in [1.29, 1.82) is 0 Å². The standard InChI is InChI=1S/C14H19F2NO2S/c1-14(2)9-17(5-6-20(14)19)8-13(18)11-4-3-10(15)7-12(11)16/h3-4,7,13,18H,5-6,8-9H2,1-2H3. The van der Waals surface area contributed by atoms with E-state index < -0.39 is 28.5 Å². The van der Waals surface area contributed by atoms with Crippen LogP contribution < -0.4 is 0 Å². The number of hydrogen-bond donors (Lipinski definition) is 1. The smallest absolute Gasteiger partial charge is 0.131 e. The molecular formula is C14H19F2NO2S. The molecule has 0 aliphatic carbocycles. The molecule has 0 amide bonds. The third kappa shape index (κ3) is 3.42. The zero-order valence-electron chi connectivity index (χ0n) is 11.6.